The molecule has 2 N–H and O–H groups in total. The molecule has 2 atom stereocenters. The number of rotatable bonds is 4. The number of aryl methyl sites for hydroxylation is 1. The third-order valence-corrected chi connectivity index (χ3v) is 4.60. The predicted molar refractivity (Wildman–Crippen MR) is 90.4 cm³/mol. The molecule has 25 heavy (non-hydrogen) atoms. The molecule has 1 fully saturated rings. The van der Waals surface area contributed by atoms with Crippen molar-refractivity contribution in [2.24, 2.45) is 5.92 Å². The Labute approximate surface area is 149 Å². The molecule has 0 unspecified atom stereocenters. The number of carboxylic acid groups (broad SMARTS) is 1. The van der Waals surface area contributed by atoms with E-state index in [1.807, 2.05) is 0 Å². The Kier molecular flexibility index (Phi) is 5.36. The SMILES string of the molecule is Cc1cc(C(=O)O)nn1C[C@@H]1CNCCO[C@H]1c1ccc(Cl)c(F)c1. The fourth-order valence-corrected chi connectivity index (χ4v) is 3.15. The number of nitrogens with zero attached hydrogens (tertiary/aromatic N) is 2. The number of carboxylic acids is 1. The van der Waals surface area contributed by atoms with E-state index in [2.05, 4.69) is 10.4 Å². The summed E-state index contributed by atoms with van der Waals surface area (Å²) in [6, 6.07) is 6.20. The van der Waals surface area contributed by atoms with Crippen LogP contribution in [-0.2, 0) is 11.3 Å². The molecule has 6 nitrogen and oxygen atoms in total. The van der Waals surface area contributed by atoms with E-state index in [1.165, 1.54) is 18.2 Å². The molecule has 2 heterocycles. The highest BCUT2D eigenvalue weighted by Gasteiger charge is 2.28. The maximum absolute atomic E-state index is 13.9. The summed E-state index contributed by atoms with van der Waals surface area (Å²) in [5.74, 6) is -1.58. The van der Waals surface area contributed by atoms with E-state index in [9.17, 15) is 9.18 Å². The van der Waals surface area contributed by atoms with Crippen molar-refractivity contribution in [2.75, 3.05) is 19.7 Å². The number of hydrogen-bond acceptors (Lipinski definition) is 4. The predicted octanol–water partition coefficient (Wildman–Crippen LogP) is 2.66. The van der Waals surface area contributed by atoms with Gasteiger partial charge in [0.2, 0.25) is 0 Å². The third kappa shape index (κ3) is 4.00. The van der Waals surface area contributed by atoms with Crippen LogP contribution >= 0.6 is 11.6 Å². The zero-order chi connectivity index (χ0) is 18.0. The zero-order valence-electron chi connectivity index (χ0n) is 13.7. The summed E-state index contributed by atoms with van der Waals surface area (Å²) in [4.78, 5) is 11.1. The number of aromatic carboxylic acids is 1. The van der Waals surface area contributed by atoms with Crippen LogP contribution in [0.1, 0.15) is 27.8 Å². The molecule has 1 aromatic heterocycles. The maximum Gasteiger partial charge on any atom is 0.356 e. The summed E-state index contributed by atoms with van der Waals surface area (Å²) in [5.41, 5.74) is 1.47. The molecule has 3 rings (SSSR count). The number of ether oxygens (including phenoxy) is 1. The average molecular weight is 368 g/mol. The highest BCUT2D eigenvalue weighted by Crippen LogP contribution is 2.31. The average Bonchev–Trinajstić information content (AvgIpc) is 2.79. The summed E-state index contributed by atoms with van der Waals surface area (Å²) in [6.45, 7) is 4.12. The Balaban J connectivity index is 1.88. The number of nitrogens with one attached hydrogen (secondary N) is 1. The number of hydrogen-bond donors (Lipinski definition) is 2. The van der Waals surface area contributed by atoms with Gasteiger partial charge in [-0.05, 0) is 30.7 Å². The van der Waals surface area contributed by atoms with Gasteiger partial charge in [0.15, 0.2) is 5.69 Å². The summed E-state index contributed by atoms with van der Waals surface area (Å²) in [7, 11) is 0. The number of carbonyl (C=O) groups is 1. The summed E-state index contributed by atoms with van der Waals surface area (Å²) in [6.07, 6.45) is -0.335. The van der Waals surface area contributed by atoms with Crippen LogP contribution < -0.4 is 5.32 Å². The fraction of sp³-hybridized carbons (Fsp3) is 0.412. The second-order valence-corrected chi connectivity index (χ2v) is 6.49. The lowest BCUT2D eigenvalue weighted by atomic mass is 9.95. The van der Waals surface area contributed by atoms with E-state index in [0.717, 1.165) is 5.69 Å². The first-order valence-corrected chi connectivity index (χ1v) is 8.38. The molecule has 0 spiro atoms. The second kappa shape index (κ2) is 7.51. The molecule has 2 aromatic rings. The third-order valence-electron chi connectivity index (χ3n) is 4.29. The van der Waals surface area contributed by atoms with Crippen molar-refractivity contribution in [1.29, 1.82) is 0 Å². The van der Waals surface area contributed by atoms with E-state index in [-0.39, 0.29) is 22.7 Å². The molecule has 0 amide bonds. The van der Waals surface area contributed by atoms with Crippen molar-refractivity contribution >= 4 is 17.6 Å². The van der Waals surface area contributed by atoms with E-state index < -0.39 is 11.8 Å². The smallest absolute Gasteiger partial charge is 0.356 e. The van der Waals surface area contributed by atoms with Gasteiger partial charge < -0.3 is 15.2 Å². The van der Waals surface area contributed by atoms with Gasteiger partial charge >= 0.3 is 5.97 Å². The Morgan fingerprint density at radius 1 is 1.52 bits per heavy atom. The van der Waals surface area contributed by atoms with Crippen molar-refractivity contribution in [3.05, 3.63) is 52.1 Å². The van der Waals surface area contributed by atoms with Gasteiger partial charge in [-0.2, -0.15) is 5.10 Å². The molecular weight excluding hydrogens is 349 g/mol. The van der Waals surface area contributed by atoms with Crippen molar-refractivity contribution in [3.8, 4) is 0 Å². The maximum atomic E-state index is 13.9. The van der Waals surface area contributed by atoms with Crippen LogP contribution in [0.2, 0.25) is 5.02 Å². The first kappa shape index (κ1) is 17.8. The van der Waals surface area contributed by atoms with Crippen LogP contribution in [-0.4, -0.2) is 40.6 Å². The molecule has 0 saturated carbocycles. The van der Waals surface area contributed by atoms with E-state index >= 15 is 0 Å². The van der Waals surface area contributed by atoms with Crippen molar-refractivity contribution in [3.63, 3.8) is 0 Å². The van der Waals surface area contributed by atoms with Crippen LogP contribution in [0.5, 0.6) is 0 Å². The van der Waals surface area contributed by atoms with Crippen LogP contribution in [0.15, 0.2) is 24.3 Å². The van der Waals surface area contributed by atoms with Crippen LogP contribution in [0.4, 0.5) is 4.39 Å². The van der Waals surface area contributed by atoms with Crippen LogP contribution in [0.3, 0.4) is 0 Å². The molecule has 8 heteroatoms. The lowest BCUT2D eigenvalue weighted by Gasteiger charge is -2.25. The molecule has 0 bridgehead atoms. The molecule has 134 valence electrons. The Bertz CT molecular complexity index is 780. The number of aromatic nitrogens is 2. The molecule has 0 aliphatic carbocycles. The van der Waals surface area contributed by atoms with Gasteiger partial charge in [0, 0.05) is 31.2 Å². The topological polar surface area (TPSA) is 76.4 Å². The quantitative estimate of drug-likeness (QED) is 0.868. The molecule has 1 aliphatic rings. The van der Waals surface area contributed by atoms with Gasteiger partial charge in [-0.15, -0.1) is 0 Å². The molecule has 1 aliphatic heterocycles. The largest absolute Gasteiger partial charge is 0.476 e. The summed E-state index contributed by atoms with van der Waals surface area (Å²) < 4.78 is 21.4. The van der Waals surface area contributed by atoms with E-state index in [1.54, 1.807) is 17.7 Å². The normalized spacial score (nSPS) is 21.1. The zero-order valence-corrected chi connectivity index (χ0v) is 14.5. The van der Waals surface area contributed by atoms with Gasteiger partial charge in [-0.25, -0.2) is 9.18 Å². The molecule has 1 saturated heterocycles. The molecular formula is C17H19ClFN3O3. The lowest BCUT2D eigenvalue weighted by molar-refractivity contribution is 0.0238. The van der Waals surface area contributed by atoms with Crippen LogP contribution in [0, 0.1) is 18.7 Å². The summed E-state index contributed by atoms with van der Waals surface area (Å²) >= 11 is 5.77. The minimum Gasteiger partial charge on any atom is -0.476 e. The Morgan fingerprint density at radius 2 is 2.32 bits per heavy atom. The Hall–Kier alpha value is -1.96. The number of halogens is 2. The van der Waals surface area contributed by atoms with Crippen molar-refractivity contribution in [1.82, 2.24) is 15.1 Å². The standard InChI is InChI=1S/C17H19ClFN3O3/c1-10-6-15(17(23)24)21-22(10)9-12-8-20-4-5-25-16(12)11-2-3-13(18)14(19)7-11/h2-3,6-7,12,16,20H,4-5,8-9H2,1H3,(H,23,24)/t12-,16-/m0/s1. The fourth-order valence-electron chi connectivity index (χ4n) is 3.03. The highest BCUT2D eigenvalue weighted by molar-refractivity contribution is 6.30. The van der Waals surface area contributed by atoms with Gasteiger partial charge in [-0.3, -0.25) is 4.68 Å². The minimum absolute atomic E-state index is 0.00841. The van der Waals surface area contributed by atoms with Gasteiger partial charge in [0.25, 0.3) is 0 Å². The lowest BCUT2D eigenvalue weighted by Crippen LogP contribution is -2.29. The molecule has 0 radical (unpaired) electrons. The van der Waals surface area contributed by atoms with Gasteiger partial charge in [0.1, 0.15) is 5.82 Å². The van der Waals surface area contributed by atoms with Crippen LogP contribution in [0.25, 0.3) is 0 Å². The Morgan fingerprint density at radius 3 is 3.00 bits per heavy atom. The first-order valence-electron chi connectivity index (χ1n) is 8.00. The van der Waals surface area contributed by atoms with Gasteiger partial charge in [0.05, 0.1) is 17.7 Å². The highest BCUT2D eigenvalue weighted by atomic mass is 35.5. The summed E-state index contributed by atoms with van der Waals surface area (Å²) in [5, 5.41) is 16.6. The number of benzene rings is 1. The van der Waals surface area contributed by atoms with Gasteiger partial charge in [-0.1, -0.05) is 17.7 Å². The second-order valence-electron chi connectivity index (χ2n) is 6.09. The van der Waals surface area contributed by atoms with Crippen molar-refractivity contribution < 1.29 is 19.0 Å². The van der Waals surface area contributed by atoms with Crippen molar-refractivity contribution in [2.45, 2.75) is 19.6 Å². The van der Waals surface area contributed by atoms with E-state index in [0.29, 0.717) is 31.8 Å². The molecule has 1 aromatic carbocycles. The van der Waals surface area contributed by atoms with E-state index in [4.69, 9.17) is 21.4 Å². The monoisotopic (exact) mass is 367 g/mol. The first-order chi connectivity index (χ1) is 12.0. The minimum atomic E-state index is -1.06.